The van der Waals surface area contributed by atoms with Gasteiger partial charge in [0.05, 0.1) is 11.4 Å². The molecule has 0 aliphatic carbocycles. The van der Waals surface area contributed by atoms with Crippen LogP contribution in [0.3, 0.4) is 0 Å². The van der Waals surface area contributed by atoms with Crippen LogP contribution in [0, 0.1) is 0 Å². The molecule has 3 aromatic rings. The number of nitrogens with zero attached hydrogens (tertiary/aromatic N) is 5. The van der Waals surface area contributed by atoms with Crippen molar-refractivity contribution < 1.29 is 8.42 Å². The Balaban J connectivity index is 1.82. The zero-order valence-electron chi connectivity index (χ0n) is 11.4. The number of nitrogens with two attached hydrogens (primary N) is 1. The van der Waals surface area contributed by atoms with Gasteiger partial charge in [-0.2, -0.15) is 4.80 Å². The summed E-state index contributed by atoms with van der Waals surface area (Å²) in [7, 11) is -3.70. The van der Waals surface area contributed by atoms with E-state index in [-0.39, 0.29) is 4.90 Å². The molecule has 0 spiro atoms. The standard InChI is InChI=1S/C13H12N6O2S/c14-22(20,21)12-3-1-11(2-4-12)13-16-18-19(17-13)9-10-5-7-15-8-6-10/h1-8H,9H2,(H2,14,20,21). The maximum absolute atomic E-state index is 11.2. The first-order valence-electron chi connectivity index (χ1n) is 6.32. The van der Waals surface area contributed by atoms with Gasteiger partial charge in [0.15, 0.2) is 0 Å². The number of sulfonamides is 1. The number of aromatic nitrogens is 5. The first-order valence-corrected chi connectivity index (χ1v) is 7.87. The molecule has 9 heteroatoms. The average Bonchev–Trinajstić information content (AvgIpc) is 2.96. The summed E-state index contributed by atoms with van der Waals surface area (Å²) in [5, 5.41) is 17.2. The fourth-order valence-electron chi connectivity index (χ4n) is 1.87. The Morgan fingerprint density at radius 3 is 2.36 bits per heavy atom. The first kappa shape index (κ1) is 14.3. The van der Waals surface area contributed by atoms with Gasteiger partial charge < -0.3 is 0 Å². The van der Waals surface area contributed by atoms with Crippen molar-refractivity contribution in [2.45, 2.75) is 11.4 Å². The number of primary sulfonamides is 1. The van der Waals surface area contributed by atoms with Crippen LogP contribution in [-0.4, -0.2) is 33.6 Å². The Hall–Kier alpha value is -2.65. The zero-order valence-corrected chi connectivity index (χ0v) is 12.2. The Labute approximate surface area is 126 Å². The fourth-order valence-corrected chi connectivity index (χ4v) is 2.39. The fraction of sp³-hybridized carbons (Fsp3) is 0.0769. The molecule has 2 heterocycles. The van der Waals surface area contributed by atoms with Crippen molar-refractivity contribution in [3.63, 3.8) is 0 Å². The van der Waals surface area contributed by atoms with Crippen molar-refractivity contribution in [1.82, 2.24) is 25.2 Å². The van der Waals surface area contributed by atoms with E-state index in [9.17, 15) is 8.42 Å². The van der Waals surface area contributed by atoms with Gasteiger partial charge in [-0.1, -0.05) is 0 Å². The third kappa shape index (κ3) is 3.15. The SMILES string of the molecule is NS(=O)(=O)c1ccc(-c2nnn(Cc3ccncc3)n2)cc1. The lowest BCUT2D eigenvalue weighted by Crippen LogP contribution is -2.11. The molecule has 2 N–H and O–H groups in total. The maximum atomic E-state index is 11.2. The van der Waals surface area contributed by atoms with Crippen LogP contribution in [0.2, 0.25) is 0 Å². The minimum atomic E-state index is -3.70. The molecule has 8 nitrogen and oxygen atoms in total. The number of benzene rings is 1. The van der Waals surface area contributed by atoms with E-state index in [1.165, 1.54) is 16.9 Å². The summed E-state index contributed by atoms with van der Waals surface area (Å²) < 4.78 is 22.4. The summed E-state index contributed by atoms with van der Waals surface area (Å²) in [6.45, 7) is 0.477. The molecule has 0 unspecified atom stereocenters. The van der Waals surface area contributed by atoms with E-state index in [1.54, 1.807) is 24.5 Å². The Morgan fingerprint density at radius 2 is 1.73 bits per heavy atom. The number of hydrogen-bond acceptors (Lipinski definition) is 6. The summed E-state index contributed by atoms with van der Waals surface area (Å²) in [5.74, 6) is 0.412. The summed E-state index contributed by atoms with van der Waals surface area (Å²) in [5.41, 5.74) is 1.66. The lowest BCUT2D eigenvalue weighted by molar-refractivity contribution is 0.572. The lowest BCUT2D eigenvalue weighted by atomic mass is 10.2. The molecule has 1 aromatic carbocycles. The van der Waals surface area contributed by atoms with Gasteiger partial charge >= 0.3 is 0 Å². The van der Waals surface area contributed by atoms with Crippen LogP contribution in [0.4, 0.5) is 0 Å². The smallest absolute Gasteiger partial charge is 0.238 e. The Bertz CT molecular complexity index is 874. The topological polar surface area (TPSA) is 117 Å². The van der Waals surface area contributed by atoms with E-state index in [4.69, 9.17) is 5.14 Å². The largest absolute Gasteiger partial charge is 0.265 e. The van der Waals surface area contributed by atoms with Gasteiger partial charge in [-0.25, -0.2) is 13.6 Å². The molecule has 0 fully saturated rings. The van der Waals surface area contributed by atoms with Gasteiger partial charge in [-0.3, -0.25) is 4.98 Å². The quantitative estimate of drug-likeness (QED) is 0.746. The molecule has 0 aliphatic heterocycles. The van der Waals surface area contributed by atoms with Crippen LogP contribution >= 0.6 is 0 Å². The summed E-state index contributed by atoms with van der Waals surface area (Å²) in [4.78, 5) is 5.44. The van der Waals surface area contributed by atoms with Crippen LogP contribution in [0.5, 0.6) is 0 Å². The highest BCUT2D eigenvalue weighted by atomic mass is 32.2. The maximum Gasteiger partial charge on any atom is 0.238 e. The first-order chi connectivity index (χ1) is 10.5. The molecular weight excluding hydrogens is 304 g/mol. The molecule has 0 atom stereocenters. The number of rotatable bonds is 4. The number of hydrogen-bond donors (Lipinski definition) is 1. The Morgan fingerprint density at radius 1 is 1.05 bits per heavy atom. The predicted octanol–water partition coefficient (Wildman–Crippen LogP) is 0.431. The molecule has 0 saturated carbocycles. The van der Waals surface area contributed by atoms with Gasteiger partial charge in [-0.15, -0.1) is 10.2 Å². The normalized spacial score (nSPS) is 11.5. The van der Waals surface area contributed by atoms with Crippen LogP contribution in [0.25, 0.3) is 11.4 Å². The second kappa shape index (κ2) is 5.62. The molecule has 0 bridgehead atoms. The molecule has 0 amide bonds. The van der Waals surface area contributed by atoms with Crippen LogP contribution < -0.4 is 5.14 Å². The monoisotopic (exact) mass is 316 g/mol. The summed E-state index contributed by atoms with van der Waals surface area (Å²) in [6.07, 6.45) is 3.39. The highest BCUT2D eigenvalue weighted by Gasteiger charge is 2.10. The van der Waals surface area contributed by atoms with E-state index in [0.717, 1.165) is 5.56 Å². The second-order valence-electron chi connectivity index (χ2n) is 4.57. The molecule has 0 aliphatic rings. The van der Waals surface area contributed by atoms with E-state index >= 15 is 0 Å². The molecule has 112 valence electrons. The molecule has 22 heavy (non-hydrogen) atoms. The molecule has 0 radical (unpaired) electrons. The zero-order chi connectivity index (χ0) is 15.6. The highest BCUT2D eigenvalue weighted by molar-refractivity contribution is 7.89. The molecular formula is C13H12N6O2S. The van der Waals surface area contributed by atoms with Crippen LogP contribution in [0.15, 0.2) is 53.7 Å². The van der Waals surface area contributed by atoms with E-state index in [1.807, 2.05) is 12.1 Å². The Kier molecular flexibility index (Phi) is 3.65. The van der Waals surface area contributed by atoms with Crippen molar-refractivity contribution in [1.29, 1.82) is 0 Å². The van der Waals surface area contributed by atoms with Gasteiger partial charge in [0, 0.05) is 18.0 Å². The summed E-state index contributed by atoms with van der Waals surface area (Å²) in [6, 6.07) is 9.73. The van der Waals surface area contributed by atoms with Gasteiger partial charge in [0.1, 0.15) is 0 Å². The van der Waals surface area contributed by atoms with Crippen molar-refractivity contribution >= 4 is 10.0 Å². The van der Waals surface area contributed by atoms with E-state index in [2.05, 4.69) is 20.4 Å². The minimum Gasteiger partial charge on any atom is -0.265 e. The summed E-state index contributed by atoms with van der Waals surface area (Å²) >= 11 is 0. The molecule has 3 rings (SSSR count). The van der Waals surface area contributed by atoms with E-state index in [0.29, 0.717) is 17.9 Å². The molecule has 0 saturated heterocycles. The van der Waals surface area contributed by atoms with Gasteiger partial charge in [-0.05, 0) is 47.2 Å². The minimum absolute atomic E-state index is 0.0421. The highest BCUT2D eigenvalue weighted by Crippen LogP contribution is 2.16. The third-order valence-corrected chi connectivity index (χ3v) is 3.90. The second-order valence-corrected chi connectivity index (χ2v) is 6.13. The van der Waals surface area contributed by atoms with Crippen molar-refractivity contribution in [3.8, 4) is 11.4 Å². The van der Waals surface area contributed by atoms with Crippen molar-refractivity contribution in [2.24, 2.45) is 5.14 Å². The van der Waals surface area contributed by atoms with Crippen LogP contribution in [-0.2, 0) is 16.6 Å². The molecule has 2 aromatic heterocycles. The number of pyridine rings is 1. The lowest BCUT2D eigenvalue weighted by Gasteiger charge is -1.99. The van der Waals surface area contributed by atoms with Gasteiger partial charge in [0.25, 0.3) is 0 Å². The van der Waals surface area contributed by atoms with E-state index < -0.39 is 10.0 Å². The van der Waals surface area contributed by atoms with Gasteiger partial charge in [0.2, 0.25) is 15.8 Å². The van der Waals surface area contributed by atoms with Crippen molar-refractivity contribution in [2.75, 3.05) is 0 Å². The third-order valence-electron chi connectivity index (χ3n) is 2.97. The average molecular weight is 316 g/mol. The predicted molar refractivity (Wildman–Crippen MR) is 78.0 cm³/mol. The number of tetrazole rings is 1. The van der Waals surface area contributed by atoms with Crippen molar-refractivity contribution in [3.05, 3.63) is 54.4 Å². The van der Waals surface area contributed by atoms with Crippen LogP contribution in [0.1, 0.15) is 5.56 Å².